The Hall–Kier alpha value is -3.45. The van der Waals surface area contributed by atoms with Crippen LogP contribution in [0.3, 0.4) is 0 Å². The first-order valence-electron chi connectivity index (χ1n) is 18.0. The number of pyridine rings is 1. The van der Waals surface area contributed by atoms with Crippen molar-refractivity contribution in [3.63, 3.8) is 0 Å². The largest absolute Gasteiger partial charge is 0.416 e. The highest BCUT2D eigenvalue weighted by molar-refractivity contribution is 5.52. The zero-order chi connectivity index (χ0) is 36.1. The van der Waals surface area contributed by atoms with Crippen molar-refractivity contribution in [2.24, 2.45) is 5.41 Å². The van der Waals surface area contributed by atoms with Crippen LogP contribution in [-0.2, 0) is 17.3 Å². The summed E-state index contributed by atoms with van der Waals surface area (Å²) in [5, 5.41) is 11.6. The number of aliphatic hydroxyl groups is 1. The molecule has 0 radical (unpaired) electrons. The second-order valence-corrected chi connectivity index (χ2v) is 15.5. The Morgan fingerprint density at radius 2 is 1.49 bits per heavy atom. The molecule has 13 heteroatoms. The molecule has 276 valence electrons. The third-order valence-electron chi connectivity index (χ3n) is 11.2. The molecule has 0 amide bonds. The lowest BCUT2D eigenvalue weighted by atomic mass is 9.68. The minimum atomic E-state index is -4.58. The zero-order valence-electron chi connectivity index (χ0n) is 29.0. The summed E-state index contributed by atoms with van der Waals surface area (Å²) in [5.74, 6) is -2.90. The number of alkyl halides is 6. The van der Waals surface area contributed by atoms with Gasteiger partial charge in [-0.15, -0.1) is 0 Å². The summed E-state index contributed by atoms with van der Waals surface area (Å²) in [6.45, 7) is 8.05. The lowest BCUT2D eigenvalue weighted by molar-refractivity contribution is -0.137. The average Bonchev–Trinajstić information content (AvgIpc) is 3.10. The lowest BCUT2D eigenvalue weighted by Crippen LogP contribution is -2.37. The van der Waals surface area contributed by atoms with E-state index in [-0.39, 0.29) is 48.1 Å². The lowest BCUT2D eigenvalue weighted by Gasteiger charge is -2.41. The van der Waals surface area contributed by atoms with E-state index in [4.69, 9.17) is 9.72 Å². The summed E-state index contributed by atoms with van der Waals surface area (Å²) >= 11 is 0. The number of hydrogen-bond acceptors (Lipinski definition) is 7. The molecule has 1 aromatic carbocycles. The molecule has 4 aliphatic rings. The van der Waals surface area contributed by atoms with Gasteiger partial charge >= 0.3 is 6.18 Å². The predicted octanol–water partition coefficient (Wildman–Crippen LogP) is 8.47. The van der Waals surface area contributed by atoms with Crippen LogP contribution in [0.15, 0.2) is 36.7 Å². The van der Waals surface area contributed by atoms with Crippen molar-refractivity contribution in [3.8, 4) is 0 Å². The number of anilines is 2. The fraction of sp³-hybridized carbons (Fsp3) is 0.605. The Morgan fingerprint density at radius 1 is 0.863 bits per heavy atom. The fourth-order valence-corrected chi connectivity index (χ4v) is 8.53. The van der Waals surface area contributed by atoms with Crippen molar-refractivity contribution in [2.75, 3.05) is 49.2 Å². The van der Waals surface area contributed by atoms with Crippen LogP contribution in [0, 0.1) is 5.41 Å². The molecule has 1 saturated carbocycles. The van der Waals surface area contributed by atoms with Crippen LogP contribution in [-0.4, -0.2) is 65.4 Å². The molecule has 2 atom stereocenters. The van der Waals surface area contributed by atoms with Crippen molar-refractivity contribution in [1.82, 2.24) is 15.0 Å². The van der Waals surface area contributed by atoms with Gasteiger partial charge in [0.2, 0.25) is 11.9 Å². The predicted molar refractivity (Wildman–Crippen MR) is 181 cm³/mol. The molecule has 3 aromatic rings. The number of nitrogens with zero attached hydrogens (tertiary/aromatic N) is 5. The van der Waals surface area contributed by atoms with Gasteiger partial charge in [0.25, 0.3) is 0 Å². The van der Waals surface area contributed by atoms with Crippen molar-refractivity contribution < 1.29 is 36.2 Å². The van der Waals surface area contributed by atoms with E-state index in [2.05, 4.69) is 19.8 Å². The molecule has 51 heavy (non-hydrogen) atoms. The van der Waals surface area contributed by atoms with Crippen LogP contribution < -0.4 is 9.80 Å². The van der Waals surface area contributed by atoms with Crippen LogP contribution in [0.5, 0.6) is 0 Å². The van der Waals surface area contributed by atoms with Crippen molar-refractivity contribution in [1.29, 1.82) is 0 Å². The molecule has 2 aromatic heterocycles. The highest BCUT2D eigenvalue weighted by atomic mass is 19.4. The van der Waals surface area contributed by atoms with E-state index >= 15 is 4.39 Å². The molecular weight excluding hydrogens is 672 g/mol. The average molecular weight is 718 g/mol. The molecular formula is C38H45F6N5O2. The Labute approximate surface area is 294 Å². The van der Waals surface area contributed by atoms with E-state index in [0.717, 1.165) is 43.0 Å². The van der Waals surface area contributed by atoms with E-state index in [1.54, 1.807) is 0 Å². The van der Waals surface area contributed by atoms with Gasteiger partial charge in [-0.1, -0.05) is 26.0 Å². The van der Waals surface area contributed by atoms with Gasteiger partial charge in [0, 0.05) is 61.8 Å². The first kappa shape index (κ1) is 35.9. The molecule has 2 saturated heterocycles. The number of aliphatic hydroxyl groups excluding tert-OH is 1. The molecule has 7 nitrogen and oxygen atoms in total. The van der Waals surface area contributed by atoms with E-state index in [1.807, 2.05) is 26.2 Å². The Bertz CT molecular complexity index is 1680. The van der Waals surface area contributed by atoms with Crippen LogP contribution in [0.2, 0.25) is 0 Å². The van der Waals surface area contributed by atoms with Gasteiger partial charge in [0.1, 0.15) is 0 Å². The number of benzene rings is 1. The minimum absolute atomic E-state index is 0.0326. The van der Waals surface area contributed by atoms with Gasteiger partial charge in [-0.3, -0.25) is 4.98 Å². The molecule has 1 N–H and O–H groups in total. The number of halogens is 6. The summed E-state index contributed by atoms with van der Waals surface area (Å²) in [6.07, 6.45) is -2.18. The maximum absolute atomic E-state index is 17.3. The summed E-state index contributed by atoms with van der Waals surface area (Å²) in [5.41, 5.74) is 2.23. The SMILES string of the molecule is CC1(C)Cc2nc(C3CCN(c4ncc(N5CCOCC5)cn4)CC3)c(C(F)c3ccc(C(F)(F)F)cc3)c(C3CCC(F)(F)CC3)c2C(O)C1. The summed E-state index contributed by atoms with van der Waals surface area (Å²) < 4.78 is 92.1. The fourth-order valence-electron chi connectivity index (χ4n) is 8.53. The number of aromatic nitrogens is 3. The summed E-state index contributed by atoms with van der Waals surface area (Å²) in [6, 6.07) is 4.04. The zero-order valence-corrected chi connectivity index (χ0v) is 29.0. The van der Waals surface area contributed by atoms with Gasteiger partial charge in [-0.05, 0) is 73.1 Å². The first-order chi connectivity index (χ1) is 24.2. The van der Waals surface area contributed by atoms with Crippen molar-refractivity contribution in [2.45, 2.75) is 101 Å². The van der Waals surface area contributed by atoms with Crippen molar-refractivity contribution in [3.05, 3.63) is 75.9 Å². The highest BCUT2D eigenvalue weighted by Gasteiger charge is 2.44. The number of rotatable bonds is 6. The van der Waals surface area contributed by atoms with Gasteiger partial charge in [-0.25, -0.2) is 23.1 Å². The molecule has 2 aliphatic carbocycles. The van der Waals surface area contributed by atoms with E-state index in [1.165, 1.54) is 0 Å². The molecule has 7 rings (SSSR count). The molecule has 0 bridgehead atoms. The normalized spacial score (nSPS) is 23.6. The van der Waals surface area contributed by atoms with Crippen molar-refractivity contribution >= 4 is 11.6 Å². The van der Waals surface area contributed by atoms with Gasteiger partial charge < -0.3 is 19.6 Å². The molecule has 3 fully saturated rings. The number of hydrogen-bond donors (Lipinski definition) is 1. The topological polar surface area (TPSA) is 74.6 Å². The quantitative estimate of drug-likeness (QED) is 0.257. The van der Waals surface area contributed by atoms with Crippen LogP contribution >= 0.6 is 0 Å². The second-order valence-electron chi connectivity index (χ2n) is 15.5. The Balaban J connectivity index is 1.26. The summed E-state index contributed by atoms with van der Waals surface area (Å²) in [4.78, 5) is 18.7. The van der Waals surface area contributed by atoms with Crippen LogP contribution in [0.1, 0.15) is 122 Å². The van der Waals surface area contributed by atoms with E-state index in [9.17, 15) is 27.1 Å². The molecule has 4 heterocycles. The van der Waals surface area contributed by atoms with E-state index < -0.39 is 35.9 Å². The number of morpholine rings is 1. The standard InChI is InChI=1S/C38H45F6N5O2/c1-36(2)19-28-31(29(50)20-36)30(23-7-11-37(40,41)12-8-23)32(33(39)24-3-5-26(6-4-24)38(42,43)44)34(47-28)25-9-13-49(14-10-25)35-45-21-27(22-46-35)48-15-17-51-18-16-48/h3-6,21-23,25,29,33,50H,7-20H2,1-2H3. The van der Waals surface area contributed by atoms with Gasteiger partial charge in [0.05, 0.1) is 48.7 Å². The maximum Gasteiger partial charge on any atom is 0.416 e. The second kappa shape index (κ2) is 13.8. The van der Waals surface area contributed by atoms with Crippen LogP contribution in [0.25, 0.3) is 0 Å². The van der Waals surface area contributed by atoms with Gasteiger partial charge in [-0.2, -0.15) is 13.2 Å². The van der Waals surface area contributed by atoms with E-state index in [0.29, 0.717) is 80.4 Å². The maximum atomic E-state index is 17.3. The third-order valence-corrected chi connectivity index (χ3v) is 11.2. The Kier molecular flexibility index (Phi) is 9.75. The molecule has 0 spiro atoms. The Morgan fingerprint density at radius 3 is 2.10 bits per heavy atom. The third kappa shape index (κ3) is 7.56. The highest BCUT2D eigenvalue weighted by Crippen LogP contribution is 2.52. The first-order valence-corrected chi connectivity index (χ1v) is 18.0. The molecule has 2 unspecified atom stereocenters. The number of fused-ring (bicyclic) bond motifs is 1. The molecule has 2 aliphatic heterocycles. The van der Waals surface area contributed by atoms with Crippen LogP contribution in [0.4, 0.5) is 38.0 Å². The van der Waals surface area contributed by atoms with Gasteiger partial charge in [0.15, 0.2) is 6.17 Å². The summed E-state index contributed by atoms with van der Waals surface area (Å²) in [7, 11) is 0. The number of ether oxygens (including phenoxy) is 1. The minimum Gasteiger partial charge on any atom is -0.388 e. The monoisotopic (exact) mass is 717 g/mol. The number of piperidine rings is 1. The smallest absolute Gasteiger partial charge is 0.388 e.